The summed E-state index contributed by atoms with van der Waals surface area (Å²) in [6, 6.07) is 8.40. The van der Waals surface area contributed by atoms with Crippen LogP contribution in [0.25, 0.3) is 0 Å². The van der Waals surface area contributed by atoms with Crippen LogP contribution in [0.15, 0.2) is 41.0 Å². The van der Waals surface area contributed by atoms with Gasteiger partial charge < -0.3 is 14.8 Å². The molecule has 5 heteroatoms. The van der Waals surface area contributed by atoms with E-state index in [4.69, 9.17) is 21.1 Å². The second-order valence-electron chi connectivity index (χ2n) is 3.88. The molecule has 0 aliphatic heterocycles. The highest BCUT2D eigenvalue weighted by Crippen LogP contribution is 2.24. The lowest BCUT2D eigenvalue weighted by Gasteiger charge is -2.13. The Balaban J connectivity index is 2.20. The minimum Gasteiger partial charge on any atom is -0.478 e. The monoisotopic (exact) mass is 265 g/mol. The van der Waals surface area contributed by atoms with Crippen molar-refractivity contribution >= 4 is 23.3 Å². The molecule has 2 aromatic rings. The molecule has 1 unspecified atom stereocenters. The lowest BCUT2D eigenvalue weighted by atomic mass is 10.1. The summed E-state index contributed by atoms with van der Waals surface area (Å²) >= 11 is 5.80. The number of anilines is 1. The molecule has 0 spiro atoms. The summed E-state index contributed by atoms with van der Waals surface area (Å²) in [6.07, 6.45) is 1.60. The third-order valence-electron chi connectivity index (χ3n) is 2.55. The van der Waals surface area contributed by atoms with Crippen molar-refractivity contribution in [1.82, 2.24) is 0 Å². The summed E-state index contributed by atoms with van der Waals surface area (Å²) < 4.78 is 5.26. The van der Waals surface area contributed by atoms with Crippen LogP contribution in [-0.2, 0) is 0 Å². The van der Waals surface area contributed by atoms with E-state index in [-0.39, 0.29) is 16.6 Å². The molecule has 0 saturated carbocycles. The number of halogens is 1. The summed E-state index contributed by atoms with van der Waals surface area (Å²) in [5.41, 5.74) is 0.758. The van der Waals surface area contributed by atoms with Gasteiger partial charge in [0.2, 0.25) is 0 Å². The molecule has 0 bridgehead atoms. The van der Waals surface area contributed by atoms with Gasteiger partial charge in [-0.05, 0) is 37.3 Å². The Morgan fingerprint density at radius 2 is 2.22 bits per heavy atom. The Labute approximate surface area is 109 Å². The van der Waals surface area contributed by atoms with Gasteiger partial charge >= 0.3 is 5.97 Å². The Bertz CT molecular complexity index is 551. The number of hydrogen-bond donors (Lipinski definition) is 2. The zero-order chi connectivity index (χ0) is 13.1. The smallest absolute Gasteiger partial charge is 0.337 e. The molecule has 18 heavy (non-hydrogen) atoms. The van der Waals surface area contributed by atoms with Crippen LogP contribution in [-0.4, -0.2) is 11.1 Å². The maximum atomic E-state index is 11.0. The van der Waals surface area contributed by atoms with Gasteiger partial charge in [0.25, 0.3) is 0 Å². The molecule has 1 heterocycles. The molecular formula is C13H12ClNO3. The Hall–Kier alpha value is -1.94. The van der Waals surface area contributed by atoms with Crippen LogP contribution < -0.4 is 5.32 Å². The number of hydrogen-bond acceptors (Lipinski definition) is 3. The number of carboxylic acids is 1. The SMILES string of the molecule is CC(Nc1ccc(Cl)c(C(=O)O)c1)c1ccco1. The third kappa shape index (κ3) is 2.65. The third-order valence-corrected chi connectivity index (χ3v) is 2.88. The minimum absolute atomic E-state index is 0.0529. The summed E-state index contributed by atoms with van der Waals surface area (Å²) in [5.74, 6) is -0.267. The fourth-order valence-corrected chi connectivity index (χ4v) is 1.84. The highest BCUT2D eigenvalue weighted by atomic mass is 35.5. The van der Waals surface area contributed by atoms with Crippen molar-refractivity contribution in [1.29, 1.82) is 0 Å². The number of carboxylic acid groups (broad SMARTS) is 1. The molecule has 1 aromatic carbocycles. The van der Waals surface area contributed by atoms with Gasteiger partial charge in [0.15, 0.2) is 0 Å². The molecule has 0 saturated heterocycles. The Morgan fingerprint density at radius 1 is 1.44 bits per heavy atom. The largest absolute Gasteiger partial charge is 0.478 e. The number of carbonyl (C=O) groups is 1. The van der Waals surface area contributed by atoms with Gasteiger partial charge in [-0.25, -0.2) is 4.79 Å². The molecule has 0 aliphatic rings. The van der Waals surface area contributed by atoms with E-state index in [9.17, 15) is 4.79 Å². The maximum absolute atomic E-state index is 11.0. The van der Waals surface area contributed by atoms with Gasteiger partial charge in [0, 0.05) is 5.69 Å². The number of nitrogens with one attached hydrogen (secondary N) is 1. The molecule has 1 atom stereocenters. The molecule has 2 N–H and O–H groups in total. The zero-order valence-electron chi connectivity index (χ0n) is 9.68. The van der Waals surface area contributed by atoms with Crippen molar-refractivity contribution in [2.24, 2.45) is 0 Å². The van der Waals surface area contributed by atoms with Crippen LogP contribution >= 0.6 is 11.6 Å². The highest BCUT2D eigenvalue weighted by Gasteiger charge is 2.12. The number of benzene rings is 1. The van der Waals surface area contributed by atoms with E-state index >= 15 is 0 Å². The molecule has 4 nitrogen and oxygen atoms in total. The highest BCUT2D eigenvalue weighted by molar-refractivity contribution is 6.33. The minimum atomic E-state index is -1.05. The molecule has 0 fully saturated rings. The molecule has 0 aliphatic carbocycles. The normalized spacial score (nSPS) is 12.1. The van der Waals surface area contributed by atoms with Crippen LogP contribution in [0.2, 0.25) is 5.02 Å². The first-order valence-corrected chi connectivity index (χ1v) is 5.78. The van der Waals surface area contributed by atoms with Crippen molar-refractivity contribution < 1.29 is 14.3 Å². The van der Waals surface area contributed by atoms with Crippen molar-refractivity contribution in [2.45, 2.75) is 13.0 Å². The van der Waals surface area contributed by atoms with Crippen LogP contribution in [0.1, 0.15) is 29.1 Å². The predicted octanol–water partition coefficient (Wildman–Crippen LogP) is 3.80. The summed E-state index contributed by atoms with van der Waals surface area (Å²) in [4.78, 5) is 11.0. The van der Waals surface area contributed by atoms with E-state index in [1.54, 1.807) is 24.5 Å². The molecule has 94 valence electrons. The second-order valence-corrected chi connectivity index (χ2v) is 4.29. The lowest BCUT2D eigenvalue weighted by Crippen LogP contribution is -2.07. The van der Waals surface area contributed by atoms with E-state index in [0.29, 0.717) is 5.69 Å². The van der Waals surface area contributed by atoms with E-state index in [0.717, 1.165) is 5.76 Å². The summed E-state index contributed by atoms with van der Waals surface area (Å²) in [7, 11) is 0. The Kier molecular flexibility index (Phi) is 3.58. The van der Waals surface area contributed by atoms with Crippen molar-refractivity contribution in [3.8, 4) is 0 Å². The van der Waals surface area contributed by atoms with Crippen LogP contribution in [0.3, 0.4) is 0 Å². The predicted molar refractivity (Wildman–Crippen MR) is 69.2 cm³/mol. The number of furan rings is 1. The summed E-state index contributed by atoms with van der Waals surface area (Å²) in [6.45, 7) is 1.92. The van der Waals surface area contributed by atoms with Gasteiger partial charge in [-0.1, -0.05) is 11.6 Å². The first-order valence-electron chi connectivity index (χ1n) is 5.40. The second kappa shape index (κ2) is 5.14. The quantitative estimate of drug-likeness (QED) is 0.882. The molecule has 0 amide bonds. The average molecular weight is 266 g/mol. The van der Waals surface area contributed by atoms with E-state index in [1.165, 1.54) is 6.07 Å². The van der Waals surface area contributed by atoms with Gasteiger partial charge in [-0.15, -0.1) is 0 Å². The van der Waals surface area contributed by atoms with Gasteiger partial charge in [0.05, 0.1) is 22.9 Å². The first-order chi connectivity index (χ1) is 8.58. The summed E-state index contributed by atoms with van der Waals surface area (Å²) in [5, 5.41) is 12.3. The van der Waals surface area contributed by atoms with Crippen molar-refractivity contribution in [3.63, 3.8) is 0 Å². The fraction of sp³-hybridized carbons (Fsp3) is 0.154. The molecule has 1 aromatic heterocycles. The van der Waals surface area contributed by atoms with Gasteiger partial charge in [0.1, 0.15) is 5.76 Å². The topological polar surface area (TPSA) is 62.5 Å². The lowest BCUT2D eigenvalue weighted by molar-refractivity contribution is 0.0697. The van der Waals surface area contributed by atoms with Crippen LogP contribution in [0, 0.1) is 0 Å². The fourth-order valence-electron chi connectivity index (χ4n) is 1.64. The standard InChI is InChI=1S/C13H12ClNO3/c1-8(12-3-2-6-18-12)15-9-4-5-11(14)10(7-9)13(16)17/h2-8,15H,1H3,(H,16,17). The van der Waals surface area contributed by atoms with Gasteiger partial charge in [-0.2, -0.15) is 0 Å². The van der Waals surface area contributed by atoms with E-state index < -0.39 is 5.97 Å². The van der Waals surface area contributed by atoms with Crippen molar-refractivity contribution in [2.75, 3.05) is 5.32 Å². The van der Waals surface area contributed by atoms with E-state index in [2.05, 4.69) is 5.32 Å². The number of rotatable bonds is 4. The Morgan fingerprint density at radius 3 is 2.83 bits per heavy atom. The number of aromatic carboxylic acids is 1. The molecule has 2 rings (SSSR count). The van der Waals surface area contributed by atoms with Crippen LogP contribution in [0.5, 0.6) is 0 Å². The van der Waals surface area contributed by atoms with Crippen LogP contribution in [0.4, 0.5) is 5.69 Å². The van der Waals surface area contributed by atoms with Crippen molar-refractivity contribution in [3.05, 3.63) is 52.9 Å². The molecule has 0 radical (unpaired) electrons. The average Bonchev–Trinajstić information content (AvgIpc) is 2.85. The zero-order valence-corrected chi connectivity index (χ0v) is 10.4. The molecular weight excluding hydrogens is 254 g/mol. The van der Waals surface area contributed by atoms with E-state index in [1.807, 2.05) is 13.0 Å². The first kappa shape index (κ1) is 12.5. The maximum Gasteiger partial charge on any atom is 0.337 e. The van der Waals surface area contributed by atoms with Gasteiger partial charge in [-0.3, -0.25) is 0 Å².